The molecule has 8 heteroatoms. The van der Waals surface area contributed by atoms with Gasteiger partial charge >= 0.3 is 0 Å². The number of carbonyl (C=O) groups is 2. The van der Waals surface area contributed by atoms with Crippen LogP contribution in [0, 0.1) is 5.41 Å². The van der Waals surface area contributed by atoms with Gasteiger partial charge in [0.05, 0.1) is 28.9 Å². The molecule has 3 aliphatic rings. The summed E-state index contributed by atoms with van der Waals surface area (Å²) in [4.78, 5) is 51.4. The van der Waals surface area contributed by atoms with E-state index in [1.165, 1.54) is 0 Å². The van der Waals surface area contributed by atoms with E-state index >= 15 is 0 Å². The topological polar surface area (TPSA) is 111 Å². The van der Waals surface area contributed by atoms with Crippen molar-refractivity contribution >= 4 is 22.6 Å². The zero-order valence-corrected chi connectivity index (χ0v) is 21.6. The fourth-order valence-electron chi connectivity index (χ4n) is 5.78. The maximum atomic E-state index is 13.6. The first kappa shape index (κ1) is 25.4. The first-order valence-electron chi connectivity index (χ1n) is 13.7. The molecule has 0 spiro atoms. The van der Waals surface area contributed by atoms with Crippen LogP contribution in [0.5, 0.6) is 0 Å². The van der Waals surface area contributed by atoms with Crippen LogP contribution >= 0.6 is 0 Å². The number of hydrogen-bond acceptors (Lipinski definition) is 5. The number of ketones is 1. The Labute approximate surface area is 217 Å². The molecule has 8 nitrogen and oxygen atoms in total. The number of amides is 1. The number of aromatic nitrogens is 3. The number of piperidine rings is 3. The summed E-state index contributed by atoms with van der Waals surface area (Å²) in [5, 5.41) is 4.28. The number of aromatic amines is 2. The fourth-order valence-corrected chi connectivity index (χ4v) is 5.78. The lowest BCUT2D eigenvalue weighted by Gasteiger charge is -2.47. The van der Waals surface area contributed by atoms with E-state index < -0.39 is 0 Å². The summed E-state index contributed by atoms with van der Waals surface area (Å²) in [5.41, 5.74) is 1.49. The summed E-state index contributed by atoms with van der Waals surface area (Å²) in [6.45, 7) is 4.86. The summed E-state index contributed by atoms with van der Waals surface area (Å²) in [6, 6.07) is 9.29. The molecule has 1 amide bonds. The summed E-state index contributed by atoms with van der Waals surface area (Å²) in [7, 11) is 0. The van der Waals surface area contributed by atoms with Gasteiger partial charge in [0, 0.05) is 18.4 Å². The molecule has 2 aromatic heterocycles. The number of benzene rings is 1. The maximum Gasteiger partial charge on any atom is 0.257 e. The van der Waals surface area contributed by atoms with Gasteiger partial charge in [-0.15, -0.1) is 0 Å². The number of imidazole rings is 1. The number of hydrogen-bond donors (Lipinski definition) is 3. The standard InChI is InChI=1S/C29H37N5O3/c1-2-21(35)9-4-3-5-11-24(33-28(37)29-12-15-34(16-13-29)17-14-29)26-30-19-25(31-26)22-18-20-8-6-7-10-23(20)32-27(22)36/h6-8,10,18-19,24H,2-5,9,11-17H2,1H3,(H,30,31)(H,32,36)(H,33,37)/t24-/m0/s1. The number of rotatable bonds is 11. The van der Waals surface area contributed by atoms with Crippen molar-refractivity contribution < 1.29 is 9.59 Å². The smallest absolute Gasteiger partial charge is 0.257 e. The van der Waals surface area contributed by atoms with E-state index in [0.717, 1.165) is 75.5 Å². The third-order valence-electron chi connectivity index (χ3n) is 8.32. The Morgan fingerprint density at radius 3 is 2.59 bits per heavy atom. The first-order chi connectivity index (χ1) is 18.0. The monoisotopic (exact) mass is 503 g/mol. The number of carbonyl (C=O) groups excluding carboxylic acids is 2. The molecule has 2 bridgehead atoms. The van der Waals surface area contributed by atoms with Crippen LogP contribution in [-0.2, 0) is 9.59 Å². The van der Waals surface area contributed by atoms with E-state index in [9.17, 15) is 14.4 Å². The highest BCUT2D eigenvalue weighted by atomic mass is 16.2. The van der Waals surface area contributed by atoms with Crippen LogP contribution < -0.4 is 10.9 Å². The molecule has 0 aliphatic carbocycles. The van der Waals surface area contributed by atoms with Gasteiger partial charge in [-0.25, -0.2) is 4.98 Å². The molecule has 3 aliphatic heterocycles. The molecule has 3 fully saturated rings. The quantitative estimate of drug-likeness (QED) is 0.334. The molecule has 5 heterocycles. The van der Waals surface area contributed by atoms with E-state index in [0.29, 0.717) is 35.7 Å². The lowest BCUT2D eigenvalue weighted by Crippen LogP contribution is -2.55. The lowest BCUT2D eigenvalue weighted by molar-refractivity contribution is -0.139. The fraction of sp³-hybridized carbons (Fsp3) is 0.517. The molecule has 0 saturated carbocycles. The minimum atomic E-state index is -0.286. The Morgan fingerprint density at radius 2 is 1.84 bits per heavy atom. The predicted molar refractivity (Wildman–Crippen MR) is 144 cm³/mol. The average Bonchev–Trinajstić information content (AvgIpc) is 3.42. The van der Waals surface area contributed by atoms with Gasteiger partial charge in [0.2, 0.25) is 5.91 Å². The van der Waals surface area contributed by atoms with Gasteiger partial charge in [-0.1, -0.05) is 38.0 Å². The number of para-hydroxylation sites is 1. The molecule has 3 aromatic rings. The summed E-state index contributed by atoms with van der Waals surface area (Å²) >= 11 is 0. The van der Waals surface area contributed by atoms with Crippen molar-refractivity contribution in [3.63, 3.8) is 0 Å². The van der Waals surface area contributed by atoms with Crippen LogP contribution in [0.3, 0.4) is 0 Å². The highest BCUT2D eigenvalue weighted by molar-refractivity contribution is 5.84. The number of nitrogens with one attached hydrogen (secondary N) is 3. The molecule has 3 saturated heterocycles. The van der Waals surface area contributed by atoms with Gasteiger partial charge in [0.15, 0.2) is 0 Å². The second-order valence-corrected chi connectivity index (χ2v) is 10.7. The minimum absolute atomic E-state index is 0.125. The second kappa shape index (κ2) is 11.0. The van der Waals surface area contributed by atoms with E-state index in [2.05, 4.69) is 25.2 Å². The molecule has 196 valence electrons. The first-order valence-corrected chi connectivity index (χ1v) is 13.7. The van der Waals surface area contributed by atoms with Gasteiger partial charge in [0.25, 0.3) is 5.56 Å². The van der Waals surface area contributed by atoms with Crippen molar-refractivity contribution in [3.05, 3.63) is 52.7 Å². The second-order valence-electron chi connectivity index (χ2n) is 10.7. The number of fused-ring (bicyclic) bond motifs is 4. The average molecular weight is 504 g/mol. The normalized spacial score (nSPS) is 21.7. The predicted octanol–water partition coefficient (Wildman–Crippen LogP) is 4.49. The van der Waals surface area contributed by atoms with E-state index in [4.69, 9.17) is 0 Å². The van der Waals surface area contributed by atoms with E-state index in [1.54, 1.807) is 6.20 Å². The van der Waals surface area contributed by atoms with Gasteiger partial charge in [0.1, 0.15) is 11.6 Å². The third kappa shape index (κ3) is 5.54. The van der Waals surface area contributed by atoms with Crippen molar-refractivity contribution in [1.82, 2.24) is 25.2 Å². The largest absolute Gasteiger partial charge is 0.346 e. The number of nitrogens with zero attached hydrogens (tertiary/aromatic N) is 2. The molecular weight excluding hydrogens is 466 g/mol. The summed E-state index contributed by atoms with van der Waals surface area (Å²) < 4.78 is 0. The van der Waals surface area contributed by atoms with Crippen molar-refractivity contribution in [2.75, 3.05) is 19.6 Å². The Kier molecular flexibility index (Phi) is 7.55. The molecule has 6 rings (SSSR count). The molecule has 0 radical (unpaired) electrons. The summed E-state index contributed by atoms with van der Waals surface area (Å²) in [5.74, 6) is 1.09. The van der Waals surface area contributed by atoms with Crippen LogP contribution in [0.2, 0.25) is 0 Å². The Hall–Kier alpha value is -3.26. The van der Waals surface area contributed by atoms with Crippen LogP contribution in [0.4, 0.5) is 0 Å². The number of unbranched alkanes of at least 4 members (excludes halogenated alkanes) is 2. The zero-order chi connectivity index (χ0) is 25.8. The SMILES string of the molecule is CCC(=O)CCCCC[C@H](NC(=O)C12CCN(CC1)CC2)c1ncc(-c2cc3ccccc3[nH]c2=O)[nH]1. The molecule has 0 unspecified atom stereocenters. The maximum absolute atomic E-state index is 13.6. The molecular formula is C29H37N5O3. The van der Waals surface area contributed by atoms with Crippen molar-refractivity contribution in [2.45, 2.75) is 70.8 Å². The molecule has 1 atom stereocenters. The van der Waals surface area contributed by atoms with Gasteiger partial charge in [-0.05, 0) is 69.3 Å². The lowest BCUT2D eigenvalue weighted by atomic mass is 9.71. The van der Waals surface area contributed by atoms with Crippen LogP contribution in [0.15, 0.2) is 41.3 Å². The van der Waals surface area contributed by atoms with E-state index in [1.807, 2.05) is 37.3 Å². The van der Waals surface area contributed by atoms with Crippen molar-refractivity contribution in [2.24, 2.45) is 5.41 Å². The number of H-pyrrole nitrogens is 2. The highest BCUT2D eigenvalue weighted by Crippen LogP contribution is 2.41. The third-order valence-corrected chi connectivity index (χ3v) is 8.32. The Bertz CT molecular complexity index is 1300. The van der Waals surface area contributed by atoms with E-state index in [-0.39, 0.29) is 22.9 Å². The minimum Gasteiger partial charge on any atom is -0.346 e. The van der Waals surface area contributed by atoms with Crippen molar-refractivity contribution in [1.29, 1.82) is 0 Å². The zero-order valence-electron chi connectivity index (χ0n) is 21.6. The van der Waals surface area contributed by atoms with Crippen molar-refractivity contribution in [3.8, 4) is 11.3 Å². The van der Waals surface area contributed by atoms with Gasteiger partial charge in [-0.2, -0.15) is 0 Å². The number of Topliss-reactive ketones (excluding diaryl/α,β-unsaturated/α-hetero) is 1. The van der Waals surface area contributed by atoms with Gasteiger partial charge < -0.3 is 20.2 Å². The van der Waals surface area contributed by atoms with Crippen LogP contribution in [-0.4, -0.2) is 51.2 Å². The molecule has 3 N–H and O–H groups in total. The molecule has 1 aromatic carbocycles. The number of pyridine rings is 1. The summed E-state index contributed by atoms with van der Waals surface area (Å²) in [6.07, 6.45) is 9.00. The molecule has 37 heavy (non-hydrogen) atoms. The van der Waals surface area contributed by atoms with Crippen LogP contribution in [0.25, 0.3) is 22.2 Å². The van der Waals surface area contributed by atoms with Gasteiger partial charge in [-0.3, -0.25) is 14.4 Å². The van der Waals surface area contributed by atoms with Crippen LogP contribution in [0.1, 0.15) is 76.6 Å². The Balaban J connectivity index is 1.34. The highest BCUT2D eigenvalue weighted by Gasteiger charge is 2.45. The Morgan fingerprint density at radius 1 is 1.08 bits per heavy atom.